The van der Waals surface area contributed by atoms with Crippen molar-refractivity contribution in [2.45, 2.75) is 32.4 Å². The van der Waals surface area contributed by atoms with Crippen molar-refractivity contribution in [1.29, 1.82) is 0 Å². The molecule has 0 saturated heterocycles. The van der Waals surface area contributed by atoms with Gasteiger partial charge in [-0.05, 0) is 13.3 Å². The van der Waals surface area contributed by atoms with Crippen molar-refractivity contribution in [2.24, 2.45) is 0 Å². The quantitative estimate of drug-likeness (QED) is 0.576. The normalized spacial score (nSPS) is 11.5. The number of carbonyl (C=O) groups excluding carboxylic acids is 2. The second-order valence-corrected chi connectivity index (χ2v) is 4.07. The van der Waals surface area contributed by atoms with Gasteiger partial charge in [0.2, 0.25) is 5.89 Å². The molecule has 21 heavy (non-hydrogen) atoms. The number of nitrogens with zero attached hydrogens (tertiary/aromatic N) is 2. The number of methoxy groups -OCH3 is 1. The van der Waals surface area contributed by atoms with Gasteiger partial charge in [0.25, 0.3) is 0 Å². The second kappa shape index (κ2) is 7.82. The molecule has 1 heterocycles. The fourth-order valence-corrected chi connectivity index (χ4v) is 1.40. The fourth-order valence-electron chi connectivity index (χ4n) is 1.40. The molecule has 0 spiro atoms. The van der Waals surface area contributed by atoms with Crippen LogP contribution in [-0.2, 0) is 20.9 Å². The molecule has 1 rings (SSSR count). The fraction of sp³-hybridized carbons (Fsp3) is 0.545. The highest BCUT2D eigenvalue weighted by molar-refractivity contribution is 5.83. The summed E-state index contributed by atoms with van der Waals surface area (Å²) in [7, 11) is 1.20. The zero-order valence-corrected chi connectivity index (χ0v) is 11.6. The Morgan fingerprint density at radius 2 is 2.14 bits per heavy atom. The van der Waals surface area contributed by atoms with Gasteiger partial charge in [0.15, 0.2) is 5.82 Å². The molecule has 0 unspecified atom stereocenters. The molecule has 10 heteroatoms. The van der Waals surface area contributed by atoms with Gasteiger partial charge < -0.3 is 25.0 Å². The minimum Gasteiger partial charge on any atom is -0.480 e. The van der Waals surface area contributed by atoms with Gasteiger partial charge >= 0.3 is 18.0 Å². The Labute approximate surface area is 119 Å². The lowest BCUT2D eigenvalue weighted by molar-refractivity contribution is -0.142. The summed E-state index contributed by atoms with van der Waals surface area (Å²) in [6, 6.07) is -1.92. The van der Waals surface area contributed by atoms with Crippen molar-refractivity contribution in [3.63, 3.8) is 0 Å². The maximum atomic E-state index is 11.6. The number of nitrogens with one attached hydrogen (secondary N) is 2. The Hall–Kier alpha value is -2.65. The zero-order chi connectivity index (χ0) is 15.8. The van der Waals surface area contributed by atoms with Crippen LogP contribution in [0.2, 0.25) is 0 Å². The maximum absolute atomic E-state index is 11.6. The number of carboxylic acid groups (broad SMARTS) is 1. The summed E-state index contributed by atoms with van der Waals surface area (Å²) in [6.07, 6.45) is -0.189. The van der Waals surface area contributed by atoms with Crippen LogP contribution >= 0.6 is 0 Å². The summed E-state index contributed by atoms with van der Waals surface area (Å²) in [4.78, 5) is 37.4. The third-order valence-electron chi connectivity index (χ3n) is 2.44. The molecule has 0 aliphatic heterocycles. The number of carbonyl (C=O) groups is 3. The molecular formula is C11H16N4O6. The van der Waals surface area contributed by atoms with Crippen molar-refractivity contribution in [2.75, 3.05) is 7.11 Å². The van der Waals surface area contributed by atoms with E-state index in [0.29, 0.717) is 5.82 Å². The first-order valence-electron chi connectivity index (χ1n) is 6.05. The highest BCUT2D eigenvalue weighted by atomic mass is 16.5. The largest absolute Gasteiger partial charge is 0.480 e. The van der Waals surface area contributed by atoms with Gasteiger partial charge in [0, 0.05) is 6.42 Å². The van der Waals surface area contributed by atoms with E-state index < -0.39 is 24.0 Å². The van der Waals surface area contributed by atoms with Crippen molar-refractivity contribution in [1.82, 2.24) is 20.8 Å². The van der Waals surface area contributed by atoms with E-state index in [1.165, 1.54) is 7.11 Å². The van der Waals surface area contributed by atoms with E-state index in [2.05, 4.69) is 25.5 Å². The second-order valence-electron chi connectivity index (χ2n) is 4.07. The summed E-state index contributed by atoms with van der Waals surface area (Å²) in [5.41, 5.74) is 0. The molecule has 0 radical (unpaired) electrons. The van der Waals surface area contributed by atoms with E-state index >= 15 is 0 Å². The Balaban J connectivity index is 2.41. The Morgan fingerprint density at radius 3 is 2.67 bits per heavy atom. The van der Waals surface area contributed by atoms with E-state index in [-0.39, 0.29) is 25.3 Å². The van der Waals surface area contributed by atoms with E-state index in [0.717, 1.165) is 0 Å². The first kappa shape index (κ1) is 16.4. The van der Waals surface area contributed by atoms with Gasteiger partial charge in [-0.1, -0.05) is 5.16 Å². The predicted molar refractivity (Wildman–Crippen MR) is 67.1 cm³/mol. The third kappa shape index (κ3) is 5.89. The van der Waals surface area contributed by atoms with E-state index in [4.69, 9.17) is 9.63 Å². The van der Waals surface area contributed by atoms with Crippen LogP contribution in [0, 0.1) is 6.92 Å². The lowest BCUT2D eigenvalue weighted by Gasteiger charge is -2.13. The molecule has 0 aliphatic rings. The van der Waals surface area contributed by atoms with E-state index in [1.807, 2.05) is 0 Å². The standard InChI is InChI=1S/C11H16N4O6/c1-6-13-8(21-15-6)5-12-11(19)14-7(10(17)18)3-4-9(16)20-2/h7H,3-5H2,1-2H3,(H,17,18)(H2,12,14,19)/t7-/m1/s1. The number of aliphatic carboxylic acids is 1. The summed E-state index contributed by atoms with van der Waals surface area (Å²) in [6.45, 7) is 1.59. The number of hydrogen-bond donors (Lipinski definition) is 3. The molecule has 0 fully saturated rings. The van der Waals surface area contributed by atoms with Crippen LogP contribution in [-0.4, -0.2) is 46.4 Å². The van der Waals surface area contributed by atoms with Crippen LogP contribution < -0.4 is 10.6 Å². The number of amides is 2. The van der Waals surface area contributed by atoms with Crippen molar-refractivity contribution < 1.29 is 28.8 Å². The van der Waals surface area contributed by atoms with E-state index in [1.54, 1.807) is 6.92 Å². The van der Waals surface area contributed by atoms with Crippen LogP contribution in [0.15, 0.2) is 4.52 Å². The first-order valence-corrected chi connectivity index (χ1v) is 6.05. The Bertz CT molecular complexity index is 515. The molecule has 1 atom stereocenters. The molecule has 0 saturated carbocycles. The van der Waals surface area contributed by atoms with Gasteiger partial charge in [0.1, 0.15) is 6.04 Å². The monoisotopic (exact) mass is 300 g/mol. The number of aryl methyl sites for hydroxylation is 1. The average molecular weight is 300 g/mol. The summed E-state index contributed by atoms with van der Waals surface area (Å²) >= 11 is 0. The van der Waals surface area contributed by atoms with Crippen molar-refractivity contribution >= 4 is 18.0 Å². The van der Waals surface area contributed by atoms with Crippen LogP contribution in [0.25, 0.3) is 0 Å². The van der Waals surface area contributed by atoms with Crippen LogP contribution in [0.3, 0.4) is 0 Å². The summed E-state index contributed by atoms with van der Waals surface area (Å²) in [5, 5.41) is 17.1. The molecule has 2 amide bonds. The molecule has 3 N–H and O–H groups in total. The lowest BCUT2D eigenvalue weighted by atomic mass is 10.1. The van der Waals surface area contributed by atoms with Crippen LogP contribution in [0.5, 0.6) is 0 Å². The Kier molecular flexibility index (Phi) is 6.11. The highest BCUT2D eigenvalue weighted by Crippen LogP contribution is 2.00. The Morgan fingerprint density at radius 1 is 1.43 bits per heavy atom. The summed E-state index contributed by atoms with van der Waals surface area (Å²) in [5.74, 6) is -1.18. The van der Waals surface area contributed by atoms with Gasteiger partial charge in [-0.15, -0.1) is 0 Å². The number of carboxylic acids is 1. The molecule has 10 nitrogen and oxygen atoms in total. The highest BCUT2D eigenvalue weighted by Gasteiger charge is 2.21. The number of hydrogen-bond acceptors (Lipinski definition) is 7. The molecule has 0 aromatic carbocycles. The van der Waals surface area contributed by atoms with Gasteiger partial charge in [-0.3, -0.25) is 4.79 Å². The lowest BCUT2D eigenvalue weighted by Crippen LogP contribution is -2.46. The number of rotatable bonds is 7. The van der Waals surface area contributed by atoms with Gasteiger partial charge in [-0.25, -0.2) is 9.59 Å². The minimum atomic E-state index is -1.25. The number of urea groups is 1. The van der Waals surface area contributed by atoms with Crippen LogP contribution in [0.1, 0.15) is 24.6 Å². The number of ether oxygens (including phenoxy) is 1. The average Bonchev–Trinajstić information content (AvgIpc) is 2.86. The first-order chi connectivity index (χ1) is 9.92. The number of aromatic nitrogens is 2. The van der Waals surface area contributed by atoms with E-state index in [9.17, 15) is 14.4 Å². The van der Waals surface area contributed by atoms with Gasteiger partial charge in [-0.2, -0.15) is 4.98 Å². The molecule has 0 bridgehead atoms. The summed E-state index contributed by atoms with van der Waals surface area (Å²) < 4.78 is 9.18. The molecular weight excluding hydrogens is 284 g/mol. The molecule has 116 valence electrons. The predicted octanol–water partition coefficient (Wildman–Crippen LogP) is -0.416. The zero-order valence-electron chi connectivity index (χ0n) is 11.6. The number of esters is 1. The van der Waals surface area contributed by atoms with Crippen molar-refractivity contribution in [3.8, 4) is 0 Å². The molecule has 1 aromatic heterocycles. The minimum absolute atomic E-state index is 0.0317. The third-order valence-corrected chi connectivity index (χ3v) is 2.44. The van der Waals surface area contributed by atoms with Crippen LogP contribution in [0.4, 0.5) is 4.79 Å². The van der Waals surface area contributed by atoms with Crippen molar-refractivity contribution in [3.05, 3.63) is 11.7 Å². The smallest absolute Gasteiger partial charge is 0.326 e. The SMILES string of the molecule is COC(=O)CC[C@@H](NC(=O)NCc1nc(C)no1)C(=O)O. The maximum Gasteiger partial charge on any atom is 0.326 e. The van der Waals surface area contributed by atoms with Gasteiger partial charge in [0.05, 0.1) is 13.7 Å². The molecule has 0 aliphatic carbocycles. The molecule has 1 aromatic rings. The topological polar surface area (TPSA) is 144 Å².